The molecule has 1 saturated heterocycles. The van der Waals surface area contributed by atoms with E-state index in [2.05, 4.69) is 27.8 Å². The number of amides is 2. The first-order valence-electron chi connectivity index (χ1n) is 14.3. The second-order valence-electron chi connectivity index (χ2n) is 12.2. The summed E-state index contributed by atoms with van der Waals surface area (Å²) in [6, 6.07) is 13.6. The van der Waals surface area contributed by atoms with Crippen LogP contribution in [-0.2, 0) is 33.4 Å². The Kier molecular flexibility index (Phi) is 5.91. The van der Waals surface area contributed by atoms with Crippen molar-refractivity contribution < 1.29 is 18.4 Å². The maximum absolute atomic E-state index is 14.3. The molecule has 0 bridgehead atoms. The van der Waals surface area contributed by atoms with Crippen LogP contribution in [0.15, 0.2) is 60.8 Å². The second-order valence-corrected chi connectivity index (χ2v) is 12.2. The highest BCUT2D eigenvalue weighted by Gasteiger charge is 2.53. The van der Waals surface area contributed by atoms with Gasteiger partial charge in [-0.3, -0.25) is 9.59 Å². The molecule has 1 unspecified atom stereocenters. The van der Waals surface area contributed by atoms with Crippen LogP contribution in [0.4, 0.5) is 14.6 Å². The van der Waals surface area contributed by atoms with Gasteiger partial charge in [0.15, 0.2) is 0 Å². The lowest BCUT2D eigenvalue weighted by Gasteiger charge is -2.51. The van der Waals surface area contributed by atoms with Crippen molar-refractivity contribution >= 4 is 23.7 Å². The van der Waals surface area contributed by atoms with Gasteiger partial charge >= 0.3 is 0 Å². The molecule has 2 atom stereocenters. The average Bonchev–Trinajstić information content (AvgIpc) is 3.65. The Labute approximate surface area is 237 Å². The fraction of sp³-hybridized carbons (Fsp3) is 0.364. The lowest BCUT2D eigenvalue weighted by Crippen LogP contribution is -2.70. The van der Waals surface area contributed by atoms with Crippen molar-refractivity contribution in [2.45, 2.75) is 61.9 Å². The number of halogens is 2. The first-order valence-corrected chi connectivity index (χ1v) is 14.3. The molecular formula is C33H32F2N4O2. The number of fused-ring (bicyclic) bond motifs is 3. The molecule has 3 aromatic rings. The Morgan fingerprint density at radius 1 is 1.00 bits per heavy atom. The summed E-state index contributed by atoms with van der Waals surface area (Å²) in [5, 5.41) is 6.43. The number of aromatic nitrogens is 1. The highest BCUT2D eigenvalue weighted by atomic mass is 19.1. The number of benzene rings is 2. The maximum atomic E-state index is 14.3. The van der Waals surface area contributed by atoms with Crippen molar-refractivity contribution in [1.82, 2.24) is 15.2 Å². The summed E-state index contributed by atoms with van der Waals surface area (Å²) in [5.41, 5.74) is 2.47. The summed E-state index contributed by atoms with van der Waals surface area (Å²) in [6.07, 6.45) is 10.3. The molecule has 0 radical (unpaired) electrons. The second kappa shape index (κ2) is 9.31. The highest BCUT2D eigenvalue weighted by molar-refractivity contribution is 6.06. The Bertz CT molecular complexity index is 1590. The van der Waals surface area contributed by atoms with Crippen LogP contribution < -0.4 is 10.6 Å². The molecule has 1 aromatic heterocycles. The van der Waals surface area contributed by atoms with E-state index in [0.717, 1.165) is 54.0 Å². The summed E-state index contributed by atoms with van der Waals surface area (Å²) in [6.45, 7) is 2.59. The smallest absolute Gasteiger partial charge is 0.243 e. The van der Waals surface area contributed by atoms with Crippen LogP contribution in [0.5, 0.6) is 0 Å². The van der Waals surface area contributed by atoms with E-state index in [1.807, 2.05) is 37.3 Å². The van der Waals surface area contributed by atoms with Crippen LogP contribution >= 0.6 is 0 Å². The molecule has 2 aliphatic heterocycles. The summed E-state index contributed by atoms with van der Waals surface area (Å²) >= 11 is 0. The SMILES string of the molecule is C[C@@]1(c2cc(F)cc(F)c2)CNC2(CCCC2)C(=O)N1CC=Cc1ccc2c(c1)CC1(C2)C(=O)Nc2ncccc21. The number of pyridine rings is 1. The van der Waals surface area contributed by atoms with Gasteiger partial charge in [-0.25, -0.2) is 13.8 Å². The Balaban J connectivity index is 1.16. The molecule has 2 spiro atoms. The van der Waals surface area contributed by atoms with E-state index in [0.29, 0.717) is 37.3 Å². The number of hydrogen-bond acceptors (Lipinski definition) is 4. The number of nitrogens with one attached hydrogen (secondary N) is 2. The first-order chi connectivity index (χ1) is 19.7. The molecule has 2 fully saturated rings. The number of rotatable bonds is 4. The van der Waals surface area contributed by atoms with Crippen LogP contribution in [-0.4, -0.2) is 40.3 Å². The van der Waals surface area contributed by atoms with Gasteiger partial charge in [0, 0.05) is 30.9 Å². The number of carbonyl (C=O) groups excluding carboxylic acids is 2. The molecule has 7 rings (SSSR count). The summed E-state index contributed by atoms with van der Waals surface area (Å²) in [7, 11) is 0. The predicted molar refractivity (Wildman–Crippen MR) is 152 cm³/mol. The number of carbonyl (C=O) groups is 2. The molecular weight excluding hydrogens is 522 g/mol. The third kappa shape index (κ3) is 4.02. The molecule has 3 heterocycles. The number of hydrogen-bond donors (Lipinski definition) is 2. The minimum atomic E-state index is -0.917. The topological polar surface area (TPSA) is 74.3 Å². The molecule has 41 heavy (non-hydrogen) atoms. The maximum Gasteiger partial charge on any atom is 0.243 e. The molecule has 2 aliphatic carbocycles. The van der Waals surface area contributed by atoms with E-state index in [1.54, 1.807) is 11.1 Å². The van der Waals surface area contributed by atoms with Crippen molar-refractivity contribution in [2.75, 3.05) is 18.4 Å². The minimum absolute atomic E-state index is 0.00868. The van der Waals surface area contributed by atoms with Crippen LogP contribution in [0.3, 0.4) is 0 Å². The third-order valence-corrected chi connectivity index (χ3v) is 9.77. The predicted octanol–water partition coefficient (Wildman–Crippen LogP) is 5.02. The van der Waals surface area contributed by atoms with E-state index >= 15 is 0 Å². The highest BCUT2D eigenvalue weighted by Crippen LogP contribution is 2.47. The molecule has 2 aromatic carbocycles. The van der Waals surface area contributed by atoms with Gasteiger partial charge in [0.25, 0.3) is 0 Å². The van der Waals surface area contributed by atoms with Gasteiger partial charge in [-0.2, -0.15) is 0 Å². The van der Waals surface area contributed by atoms with Crippen LogP contribution in [0.2, 0.25) is 0 Å². The van der Waals surface area contributed by atoms with E-state index in [9.17, 15) is 18.4 Å². The Morgan fingerprint density at radius 2 is 1.76 bits per heavy atom. The molecule has 6 nitrogen and oxygen atoms in total. The molecule has 8 heteroatoms. The van der Waals surface area contributed by atoms with E-state index in [1.165, 1.54) is 12.1 Å². The van der Waals surface area contributed by atoms with Crippen molar-refractivity contribution in [2.24, 2.45) is 0 Å². The van der Waals surface area contributed by atoms with E-state index in [-0.39, 0.29) is 11.8 Å². The zero-order valence-corrected chi connectivity index (χ0v) is 23.0. The van der Waals surface area contributed by atoms with Crippen LogP contribution in [0, 0.1) is 11.6 Å². The number of piperazine rings is 1. The van der Waals surface area contributed by atoms with Crippen LogP contribution in [0.25, 0.3) is 6.08 Å². The standard InChI is InChI=1S/C33H32F2N4O2/c1-31(24-15-25(34)17-26(35)16-24)20-37-33(10-2-3-11-33)30(41)39(31)13-5-6-21-8-9-22-18-32(19-23(22)14-21)27-7-4-12-36-28(27)38-29(32)40/h4-9,12,14-17,37H,2-3,10-11,13,18-20H2,1H3,(H,36,38,40)/t31-,32?/m0/s1. The van der Waals surface area contributed by atoms with Gasteiger partial charge in [0.1, 0.15) is 17.5 Å². The van der Waals surface area contributed by atoms with Gasteiger partial charge in [0.2, 0.25) is 11.8 Å². The monoisotopic (exact) mass is 554 g/mol. The summed E-state index contributed by atoms with van der Waals surface area (Å²) < 4.78 is 28.5. The van der Waals surface area contributed by atoms with Crippen molar-refractivity contribution in [1.29, 1.82) is 0 Å². The molecule has 2 amide bonds. The summed E-state index contributed by atoms with van der Waals surface area (Å²) in [4.78, 5) is 33.2. The molecule has 2 N–H and O–H groups in total. The lowest BCUT2D eigenvalue weighted by atomic mass is 9.79. The fourth-order valence-corrected chi connectivity index (χ4v) is 7.46. The van der Waals surface area contributed by atoms with Crippen molar-refractivity contribution in [3.05, 3.63) is 100 Å². The zero-order chi connectivity index (χ0) is 28.4. The molecule has 1 saturated carbocycles. The first kappa shape index (κ1) is 26.0. The third-order valence-electron chi connectivity index (χ3n) is 9.77. The normalized spacial score (nSPS) is 26.3. The van der Waals surface area contributed by atoms with E-state index in [4.69, 9.17) is 0 Å². The lowest BCUT2D eigenvalue weighted by molar-refractivity contribution is -0.149. The zero-order valence-electron chi connectivity index (χ0n) is 23.0. The largest absolute Gasteiger partial charge is 0.327 e. The molecule has 4 aliphatic rings. The van der Waals surface area contributed by atoms with Gasteiger partial charge in [-0.15, -0.1) is 0 Å². The Morgan fingerprint density at radius 3 is 2.54 bits per heavy atom. The van der Waals surface area contributed by atoms with Gasteiger partial charge in [-0.05, 0) is 73.1 Å². The quantitative estimate of drug-likeness (QED) is 0.475. The van der Waals surface area contributed by atoms with Gasteiger partial charge in [0.05, 0.1) is 16.5 Å². The summed E-state index contributed by atoms with van der Waals surface area (Å²) in [5.74, 6) is -0.697. The fourth-order valence-electron chi connectivity index (χ4n) is 7.46. The Hall–Kier alpha value is -3.91. The van der Waals surface area contributed by atoms with Crippen LogP contribution in [0.1, 0.15) is 60.4 Å². The number of nitrogens with zero attached hydrogens (tertiary/aromatic N) is 2. The van der Waals surface area contributed by atoms with E-state index < -0.39 is 28.1 Å². The van der Waals surface area contributed by atoms with Crippen molar-refractivity contribution in [3.63, 3.8) is 0 Å². The van der Waals surface area contributed by atoms with Gasteiger partial charge < -0.3 is 15.5 Å². The van der Waals surface area contributed by atoms with Crippen molar-refractivity contribution in [3.8, 4) is 0 Å². The average molecular weight is 555 g/mol. The van der Waals surface area contributed by atoms with Gasteiger partial charge in [-0.1, -0.05) is 49.3 Å². The minimum Gasteiger partial charge on any atom is -0.327 e. The number of anilines is 1. The molecule has 210 valence electrons.